The van der Waals surface area contributed by atoms with Crippen LogP contribution in [-0.4, -0.2) is 51.3 Å². The molecule has 0 radical (unpaired) electrons. The summed E-state index contributed by atoms with van der Waals surface area (Å²) in [5, 5.41) is 1.11. The Bertz CT molecular complexity index is 1450. The first-order valence-corrected chi connectivity index (χ1v) is 12.5. The molecule has 8 nitrogen and oxygen atoms in total. The van der Waals surface area contributed by atoms with Crippen LogP contribution in [0.3, 0.4) is 0 Å². The summed E-state index contributed by atoms with van der Waals surface area (Å²) in [6, 6.07) is 13.7. The van der Waals surface area contributed by atoms with Gasteiger partial charge in [-0.25, -0.2) is 0 Å². The molecule has 3 aliphatic rings. The van der Waals surface area contributed by atoms with Crippen LogP contribution in [0.25, 0.3) is 10.9 Å². The van der Waals surface area contributed by atoms with Crippen molar-refractivity contribution in [3.8, 4) is 0 Å². The van der Waals surface area contributed by atoms with E-state index in [0.29, 0.717) is 22.8 Å². The number of Topliss-reactive ketones (excluding diaryl/α,β-unsaturated/α-hetero) is 1. The number of aromatic amines is 1. The number of nitrogens with zero attached hydrogens (tertiary/aromatic N) is 4. The SMILES string of the molecule is CC(=O)c1ccc(C(=O)N2CCC(C3=C4C=NC=C[N+]4(N)C(c4cc5ccccc5[nH]4)=N3)CC2)s1. The highest BCUT2D eigenvalue weighted by Crippen LogP contribution is 2.38. The van der Waals surface area contributed by atoms with Crippen LogP contribution in [0.4, 0.5) is 0 Å². The van der Waals surface area contributed by atoms with Crippen LogP contribution < -0.4 is 5.84 Å². The van der Waals surface area contributed by atoms with Crippen molar-refractivity contribution in [1.82, 2.24) is 9.88 Å². The molecule has 176 valence electrons. The van der Waals surface area contributed by atoms with Crippen molar-refractivity contribution in [2.24, 2.45) is 21.7 Å². The van der Waals surface area contributed by atoms with Gasteiger partial charge in [0.1, 0.15) is 17.6 Å². The van der Waals surface area contributed by atoms with Gasteiger partial charge in [-0.15, -0.1) is 15.9 Å². The van der Waals surface area contributed by atoms with Gasteiger partial charge in [0.25, 0.3) is 11.7 Å². The van der Waals surface area contributed by atoms with E-state index in [0.717, 1.165) is 46.7 Å². The predicted octanol–water partition coefficient (Wildman–Crippen LogP) is 4.20. The second-order valence-electron chi connectivity index (χ2n) is 9.12. The van der Waals surface area contributed by atoms with Crippen molar-refractivity contribution in [1.29, 1.82) is 0 Å². The number of rotatable bonds is 4. The highest BCUT2D eigenvalue weighted by atomic mass is 32.1. The van der Waals surface area contributed by atoms with Gasteiger partial charge in [-0.2, -0.15) is 10.8 Å². The zero-order valence-electron chi connectivity index (χ0n) is 19.3. The van der Waals surface area contributed by atoms with Crippen molar-refractivity contribution in [2.45, 2.75) is 19.8 Å². The molecule has 3 aliphatic heterocycles. The number of benzene rings is 1. The van der Waals surface area contributed by atoms with Crippen molar-refractivity contribution in [2.75, 3.05) is 13.1 Å². The Labute approximate surface area is 206 Å². The summed E-state index contributed by atoms with van der Waals surface area (Å²) < 4.78 is -0.0200. The standard InChI is InChI=1S/C26H25N6O2S/c1-16(33)22-6-7-23(35-22)26(34)31-11-8-17(9-12-31)24-21-15-28-10-13-32(21,27)25(30-24)20-14-18-4-2-3-5-19(18)29-20/h2-7,10,13-15,17,29H,8-9,11-12,27H2,1H3/q+1. The fourth-order valence-corrected chi connectivity index (χ4v) is 5.90. The lowest BCUT2D eigenvalue weighted by molar-refractivity contribution is -0.750. The normalized spacial score (nSPS) is 22.1. The van der Waals surface area contributed by atoms with E-state index in [1.54, 1.807) is 24.5 Å². The van der Waals surface area contributed by atoms with Gasteiger partial charge in [-0.05, 0) is 44.0 Å². The van der Waals surface area contributed by atoms with Gasteiger partial charge < -0.3 is 9.88 Å². The molecule has 3 aromatic rings. The number of nitrogens with two attached hydrogens (primary N) is 1. The van der Waals surface area contributed by atoms with Crippen LogP contribution in [0.1, 0.15) is 44.8 Å². The van der Waals surface area contributed by atoms with Gasteiger partial charge in [-0.1, -0.05) is 18.2 Å². The molecule has 5 heterocycles. The average Bonchev–Trinajstić information content (AvgIpc) is 3.59. The molecule has 1 unspecified atom stereocenters. The number of quaternary nitrogens is 1. The van der Waals surface area contributed by atoms with Crippen LogP contribution in [0.2, 0.25) is 0 Å². The van der Waals surface area contributed by atoms with E-state index in [1.165, 1.54) is 18.3 Å². The molecule has 0 spiro atoms. The Kier molecular flexibility index (Phi) is 5.14. The van der Waals surface area contributed by atoms with E-state index in [9.17, 15) is 9.59 Å². The Hall–Kier alpha value is -3.66. The molecular weight excluding hydrogens is 460 g/mol. The number of hydrogen-bond acceptors (Lipinski definition) is 6. The number of fused-ring (bicyclic) bond motifs is 2. The highest BCUT2D eigenvalue weighted by Gasteiger charge is 2.46. The number of carbonyl (C=O) groups is 2. The number of ketones is 1. The van der Waals surface area contributed by atoms with Crippen molar-refractivity contribution in [3.05, 3.63) is 81.7 Å². The number of aliphatic imine (C=N–C) groups is 2. The maximum absolute atomic E-state index is 13.0. The highest BCUT2D eigenvalue weighted by molar-refractivity contribution is 7.15. The molecule has 35 heavy (non-hydrogen) atoms. The first-order valence-electron chi connectivity index (χ1n) is 11.6. The molecule has 1 fully saturated rings. The summed E-state index contributed by atoms with van der Waals surface area (Å²) in [6.45, 7) is 2.77. The number of amides is 1. The fraction of sp³-hybridized carbons (Fsp3) is 0.231. The smallest absolute Gasteiger partial charge is 0.281 e. The van der Waals surface area contributed by atoms with Crippen LogP contribution in [0, 0.1) is 5.92 Å². The third-order valence-corrected chi connectivity index (χ3v) is 8.10. The van der Waals surface area contributed by atoms with Crippen molar-refractivity contribution >= 4 is 46.0 Å². The maximum Gasteiger partial charge on any atom is 0.281 e. The van der Waals surface area contributed by atoms with Crippen molar-refractivity contribution < 1.29 is 14.2 Å². The number of allylic oxidation sites excluding steroid dienone is 2. The van der Waals surface area contributed by atoms with Crippen LogP contribution >= 0.6 is 11.3 Å². The molecule has 3 N–H and O–H groups in total. The quantitative estimate of drug-likeness (QED) is 0.329. The number of hydrogen-bond donors (Lipinski definition) is 2. The minimum atomic E-state index is -0.0200. The van der Waals surface area contributed by atoms with Gasteiger partial charge >= 0.3 is 0 Å². The molecule has 0 bridgehead atoms. The number of carbonyl (C=O) groups excluding carboxylic acids is 2. The molecular formula is C26H25N6O2S+. The largest absolute Gasteiger partial charge is 0.349 e. The second kappa shape index (κ2) is 8.23. The van der Waals surface area contributed by atoms with Crippen LogP contribution in [0.15, 0.2) is 76.2 Å². The molecule has 9 heteroatoms. The second-order valence-corrected chi connectivity index (χ2v) is 10.2. The lowest BCUT2D eigenvalue weighted by atomic mass is 9.92. The Balaban J connectivity index is 1.26. The molecule has 1 aromatic carbocycles. The van der Waals surface area contributed by atoms with E-state index in [-0.39, 0.29) is 22.2 Å². The molecule has 0 aliphatic carbocycles. The first-order chi connectivity index (χ1) is 16.9. The molecule has 6 rings (SSSR count). The van der Waals surface area contributed by atoms with E-state index in [1.807, 2.05) is 29.3 Å². The molecule has 1 saturated heterocycles. The zero-order valence-corrected chi connectivity index (χ0v) is 20.1. The van der Waals surface area contributed by atoms with Crippen LogP contribution in [-0.2, 0) is 0 Å². The van der Waals surface area contributed by atoms with Gasteiger partial charge in [0, 0.05) is 29.9 Å². The van der Waals surface area contributed by atoms with Crippen LogP contribution in [0.5, 0.6) is 0 Å². The van der Waals surface area contributed by atoms with E-state index >= 15 is 0 Å². The van der Waals surface area contributed by atoms with Gasteiger partial charge in [0.05, 0.1) is 22.2 Å². The van der Waals surface area contributed by atoms with E-state index in [4.69, 9.17) is 10.8 Å². The van der Waals surface area contributed by atoms with Gasteiger partial charge in [0.2, 0.25) is 5.70 Å². The number of nitrogens with one attached hydrogen (secondary N) is 1. The molecule has 2 aromatic heterocycles. The number of thiophene rings is 1. The topological polar surface area (TPSA) is 104 Å². The number of piperidine rings is 1. The fourth-order valence-electron chi connectivity index (χ4n) is 5.04. The first kappa shape index (κ1) is 21.8. The third-order valence-electron chi connectivity index (χ3n) is 6.93. The zero-order chi connectivity index (χ0) is 24.2. The summed E-state index contributed by atoms with van der Waals surface area (Å²) in [5.74, 6) is 7.78. The molecule has 0 saturated carbocycles. The van der Waals surface area contributed by atoms with E-state index < -0.39 is 0 Å². The Morgan fingerprint density at radius 2 is 1.91 bits per heavy atom. The number of H-pyrrole nitrogens is 1. The number of amidine groups is 1. The monoisotopic (exact) mass is 485 g/mol. The summed E-state index contributed by atoms with van der Waals surface area (Å²) in [5.41, 5.74) is 3.73. The summed E-state index contributed by atoms with van der Waals surface area (Å²) in [6.07, 6.45) is 6.95. The van der Waals surface area contributed by atoms with E-state index in [2.05, 4.69) is 22.1 Å². The van der Waals surface area contributed by atoms with Gasteiger partial charge in [0.15, 0.2) is 5.78 Å². The number of aromatic nitrogens is 1. The third kappa shape index (κ3) is 3.59. The predicted molar refractivity (Wildman–Crippen MR) is 137 cm³/mol. The molecule has 1 atom stereocenters. The summed E-state index contributed by atoms with van der Waals surface area (Å²) >= 11 is 1.26. The van der Waals surface area contributed by atoms with Gasteiger partial charge in [-0.3, -0.25) is 14.6 Å². The maximum atomic E-state index is 13.0. The Morgan fingerprint density at radius 1 is 1.14 bits per heavy atom. The molecule has 1 amide bonds. The number of para-hydroxylation sites is 1. The number of likely N-dealkylation sites (tertiary alicyclic amines) is 1. The lowest BCUT2D eigenvalue weighted by Crippen LogP contribution is -2.53. The minimum Gasteiger partial charge on any atom is -0.349 e. The lowest BCUT2D eigenvalue weighted by Gasteiger charge is -2.32. The summed E-state index contributed by atoms with van der Waals surface area (Å²) in [7, 11) is 0. The minimum absolute atomic E-state index is 0.0154. The Morgan fingerprint density at radius 3 is 2.66 bits per heavy atom. The summed E-state index contributed by atoms with van der Waals surface area (Å²) in [4.78, 5) is 40.6. The average molecular weight is 486 g/mol. The van der Waals surface area contributed by atoms with Crippen molar-refractivity contribution in [3.63, 3.8) is 0 Å².